The van der Waals surface area contributed by atoms with Crippen molar-refractivity contribution >= 4 is 12.0 Å². The first-order chi connectivity index (χ1) is 11.0. The van der Waals surface area contributed by atoms with Crippen molar-refractivity contribution in [3.05, 3.63) is 29.8 Å². The molecule has 0 aromatic heterocycles. The fourth-order valence-corrected chi connectivity index (χ4v) is 2.50. The summed E-state index contributed by atoms with van der Waals surface area (Å²) in [7, 11) is 0. The minimum absolute atomic E-state index is 0.00462. The number of amides is 2. The zero-order chi connectivity index (χ0) is 16.8. The summed E-state index contributed by atoms with van der Waals surface area (Å²) in [5, 5.41) is 12.6. The normalized spacial score (nSPS) is 15.5. The molecule has 2 amide bonds. The maximum atomic E-state index is 12.4. The quantitative estimate of drug-likeness (QED) is 0.893. The number of nitrogens with zero attached hydrogens (tertiary/aromatic N) is 1. The molecule has 1 fully saturated rings. The summed E-state index contributed by atoms with van der Waals surface area (Å²) in [5.74, 6) is 0.123. The van der Waals surface area contributed by atoms with Crippen LogP contribution in [-0.4, -0.2) is 47.7 Å². The molecule has 1 saturated heterocycles. The molecule has 1 aromatic rings. The van der Waals surface area contributed by atoms with Gasteiger partial charge in [-0.25, -0.2) is 4.79 Å². The van der Waals surface area contributed by atoms with Gasteiger partial charge < -0.3 is 20.1 Å². The van der Waals surface area contributed by atoms with Gasteiger partial charge in [-0.15, -0.1) is 0 Å². The van der Waals surface area contributed by atoms with E-state index in [-0.39, 0.29) is 17.7 Å². The summed E-state index contributed by atoms with van der Waals surface area (Å²) in [6.07, 6.45) is 0.954. The van der Waals surface area contributed by atoms with Gasteiger partial charge in [-0.1, -0.05) is 26.0 Å². The summed E-state index contributed by atoms with van der Waals surface area (Å²) >= 11 is 0. The van der Waals surface area contributed by atoms with Gasteiger partial charge in [-0.2, -0.15) is 0 Å². The second kappa shape index (κ2) is 7.85. The van der Waals surface area contributed by atoms with E-state index in [1.807, 2.05) is 13.8 Å². The lowest BCUT2D eigenvalue weighted by Gasteiger charge is -2.32. The molecule has 23 heavy (non-hydrogen) atoms. The van der Waals surface area contributed by atoms with Gasteiger partial charge in [-0.05, 0) is 30.9 Å². The van der Waals surface area contributed by atoms with Crippen LogP contribution in [0.3, 0.4) is 0 Å². The molecule has 1 aromatic carbocycles. The Hall–Kier alpha value is -2.24. The number of aromatic hydroxyl groups is 1. The Bertz CT molecular complexity index is 551. The van der Waals surface area contributed by atoms with E-state index in [9.17, 15) is 14.7 Å². The third kappa shape index (κ3) is 4.87. The van der Waals surface area contributed by atoms with Crippen LogP contribution in [0.2, 0.25) is 0 Å². The van der Waals surface area contributed by atoms with Crippen molar-refractivity contribution in [2.24, 2.45) is 5.92 Å². The van der Waals surface area contributed by atoms with Gasteiger partial charge in [0.1, 0.15) is 5.75 Å². The molecular formula is C17H24N2O4. The number of likely N-dealkylation sites (tertiary alicyclic amines) is 1. The van der Waals surface area contributed by atoms with Crippen LogP contribution in [0.5, 0.6) is 5.75 Å². The van der Waals surface area contributed by atoms with Gasteiger partial charge in [0, 0.05) is 19.1 Å². The van der Waals surface area contributed by atoms with Crippen LogP contribution >= 0.6 is 0 Å². The van der Waals surface area contributed by atoms with Crippen LogP contribution in [0.4, 0.5) is 4.79 Å². The minimum Gasteiger partial charge on any atom is -0.507 e. The molecule has 0 unspecified atom stereocenters. The number of phenolic OH excluding ortho intramolecular Hbond substituents is 1. The molecule has 0 atom stereocenters. The maximum absolute atomic E-state index is 12.4. The summed E-state index contributed by atoms with van der Waals surface area (Å²) in [6, 6.07) is 6.55. The predicted octanol–water partition coefficient (Wildman–Crippen LogP) is 2.38. The largest absolute Gasteiger partial charge is 0.507 e. The van der Waals surface area contributed by atoms with E-state index in [4.69, 9.17) is 4.74 Å². The van der Waals surface area contributed by atoms with Gasteiger partial charge in [0.15, 0.2) is 0 Å². The van der Waals surface area contributed by atoms with Gasteiger partial charge >= 0.3 is 6.09 Å². The van der Waals surface area contributed by atoms with E-state index >= 15 is 0 Å². The molecule has 0 saturated carbocycles. The van der Waals surface area contributed by atoms with Crippen LogP contribution in [0, 0.1) is 5.92 Å². The number of carbonyl (C=O) groups excluding carboxylic acids is 2. The van der Waals surface area contributed by atoms with Crippen LogP contribution in [0.1, 0.15) is 37.0 Å². The first-order valence-electron chi connectivity index (χ1n) is 7.98. The average Bonchev–Trinajstić information content (AvgIpc) is 2.53. The van der Waals surface area contributed by atoms with Crippen LogP contribution in [0.25, 0.3) is 0 Å². The second-order valence-corrected chi connectivity index (χ2v) is 6.22. The molecule has 126 valence electrons. The van der Waals surface area contributed by atoms with E-state index in [1.165, 1.54) is 6.07 Å². The fraction of sp³-hybridized carbons (Fsp3) is 0.529. The Balaban J connectivity index is 1.81. The highest BCUT2D eigenvalue weighted by molar-refractivity contribution is 5.96. The van der Waals surface area contributed by atoms with Crippen LogP contribution in [-0.2, 0) is 4.74 Å². The SMILES string of the molecule is CC(C)COC(=O)NC1CCN(C(=O)c2ccccc2O)CC1. The van der Waals surface area contributed by atoms with Crippen molar-refractivity contribution < 1.29 is 19.4 Å². The van der Waals surface area contributed by atoms with E-state index in [0.29, 0.717) is 44.0 Å². The molecule has 6 nitrogen and oxygen atoms in total. The molecule has 2 rings (SSSR count). The lowest BCUT2D eigenvalue weighted by Crippen LogP contribution is -2.46. The topological polar surface area (TPSA) is 78.9 Å². The van der Waals surface area contributed by atoms with E-state index in [0.717, 1.165) is 0 Å². The summed E-state index contributed by atoms with van der Waals surface area (Å²) in [5.41, 5.74) is 0.315. The van der Waals surface area contributed by atoms with Crippen molar-refractivity contribution in [1.82, 2.24) is 10.2 Å². The zero-order valence-electron chi connectivity index (χ0n) is 13.6. The van der Waals surface area contributed by atoms with Gasteiger partial charge in [0.2, 0.25) is 0 Å². The van der Waals surface area contributed by atoms with Crippen LogP contribution in [0.15, 0.2) is 24.3 Å². The molecule has 0 aliphatic carbocycles. The number of piperidine rings is 1. The standard InChI is InChI=1S/C17H24N2O4/c1-12(2)11-23-17(22)18-13-7-9-19(10-8-13)16(21)14-5-3-4-6-15(14)20/h3-6,12-13,20H,7-11H2,1-2H3,(H,18,22). The Morgan fingerprint density at radius 3 is 2.57 bits per heavy atom. The summed E-state index contributed by atoms with van der Waals surface area (Å²) < 4.78 is 5.10. The summed E-state index contributed by atoms with van der Waals surface area (Å²) in [4.78, 5) is 25.7. The fourth-order valence-electron chi connectivity index (χ4n) is 2.50. The number of benzene rings is 1. The average molecular weight is 320 g/mol. The number of hydrogen-bond acceptors (Lipinski definition) is 4. The number of phenols is 1. The number of carbonyl (C=O) groups is 2. The second-order valence-electron chi connectivity index (χ2n) is 6.22. The molecule has 1 heterocycles. The summed E-state index contributed by atoms with van der Waals surface area (Å²) in [6.45, 7) is 5.45. The number of para-hydroxylation sites is 1. The minimum atomic E-state index is -0.399. The number of rotatable bonds is 4. The third-order valence-corrected chi connectivity index (χ3v) is 3.79. The molecule has 1 aliphatic rings. The van der Waals surface area contributed by atoms with Crippen molar-refractivity contribution in [1.29, 1.82) is 0 Å². The lowest BCUT2D eigenvalue weighted by molar-refractivity contribution is 0.0697. The van der Waals surface area contributed by atoms with E-state index in [1.54, 1.807) is 23.1 Å². The van der Waals surface area contributed by atoms with Crippen molar-refractivity contribution in [3.8, 4) is 5.75 Å². The molecule has 2 N–H and O–H groups in total. The van der Waals surface area contributed by atoms with E-state index in [2.05, 4.69) is 5.32 Å². The van der Waals surface area contributed by atoms with Crippen molar-refractivity contribution in [2.45, 2.75) is 32.7 Å². The van der Waals surface area contributed by atoms with E-state index < -0.39 is 6.09 Å². The first kappa shape index (κ1) is 17.1. The van der Waals surface area contributed by atoms with Gasteiger partial charge in [0.05, 0.1) is 12.2 Å². The highest BCUT2D eigenvalue weighted by Gasteiger charge is 2.26. The zero-order valence-corrected chi connectivity index (χ0v) is 13.6. The Labute approximate surface area is 136 Å². The van der Waals surface area contributed by atoms with Crippen LogP contribution < -0.4 is 5.32 Å². The first-order valence-corrected chi connectivity index (χ1v) is 7.98. The van der Waals surface area contributed by atoms with Crippen molar-refractivity contribution in [2.75, 3.05) is 19.7 Å². The number of nitrogens with one attached hydrogen (secondary N) is 1. The highest BCUT2D eigenvalue weighted by Crippen LogP contribution is 2.20. The third-order valence-electron chi connectivity index (χ3n) is 3.79. The van der Waals surface area contributed by atoms with Gasteiger partial charge in [-0.3, -0.25) is 4.79 Å². The number of ether oxygens (including phenoxy) is 1. The highest BCUT2D eigenvalue weighted by atomic mass is 16.5. The smallest absolute Gasteiger partial charge is 0.407 e. The molecule has 1 aliphatic heterocycles. The number of hydrogen-bond donors (Lipinski definition) is 2. The lowest BCUT2D eigenvalue weighted by atomic mass is 10.0. The monoisotopic (exact) mass is 320 g/mol. The molecule has 0 bridgehead atoms. The molecule has 0 radical (unpaired) electrons. The Morgan fingerprint density at radius 2 is 1.96 bits per heavy atom. The predicted molar refractivity (Wildman–Crippen MR) is 86.4 cm³/mol. The maximum Gasteiger partial charge on any atom is 0.407 e. The van der Waals surface area contributed by atoms with Crippen molar-refractivity contribution in [3.63, 3.8) is 0 Å². The molecule has 6 heteroatoms. The Morgan fingerprint density at radius 1 is 1.30 bits per heavy atom. The Kier molecular flexibility index (Phi) is 5.84. The van der Waals surface area contributed by atoms with Gasteiger partial charge in [0.25, 0.3) is 5.91 Å². The number of alkyl carbamates (subject to hydrolysis) is 1. The molecular weight excluding hydrogens is 296 g/mol. The molecule has 0 spiro atoms.